The third-order valence-electron chi connectivity index (χ3n) is 5.97. The van der Waals surface area contributed by atoms with Crippen LogP contribution in [0, 0.1) is 5.82 Å². The summed E-state index contributed by atoms with van der Waals surface area (Å²) >= 11 is 0. The van der Waals surface area contributed by atoms with E-state index in [4.69, 9.17) is 9.72 Å². The van der Waals surface area contributed by atoms with Crippen LogP contribution in [0.15, 0.2) is 30.6 Å². The van der Waals surface area contributed by atoms with Gasteiger partial charge >= 0.3 is 0 Å². The first kappa shape index (κ1) is 22.3. The Morgan fingerprint density at radius 2 is 2.00 bits per heavy atom. The summed E-state index contributed by atoms with van der Waals surface area (Å²) in [4.78, 5) is 15.7. The van der Waals surface area contributed by atoms with Gasteiger partial charge in [-0.1, -0.05) is 18.2 Å². The maximum absolute atomic E-state index is 14.3. The summed E-state index contributed by atoms with van der Waals surface area (Å²) in [6.45, 7) is 2.34. The summed E-state index contributed by atoms with van der Waals surface area (Å²) in [6, 6.07) is 6.07. The number of alkyl halides is 2. The Kier molecular flexibility index (Phi) is 6.74. The van der Waals surface area contributed by atoms with Gasteiger partial charge in [-0.25, -0.2) is 28.1 Å². The van der Waals surface area contributed by atoms with Gasteiger partial charge in [0.25, 0.3) is 6.43 Å². The van der Waals surface area contributed by atoms with Crippen LogP contribution in [-0.4, -0.2) is 53.6 Å². The highest BCUT2D eigenvalue weighted by Crippen LogP contribution is 2.33. The number of hydrogen-bond acceptors (Lipinski definition) is 6. The van der Waals surface area contributed by atoms with E-state index in [1.807, 2.05) is 6.07 Å². The first-order valence-corrected chi connectivity index (χ1v) is 10.7. The Labute approximate surface area is 184 Å². The number of likely N-dealkylation sites (tertiary alicyclic amines) is 1. The summed E-state index contributed by atoms with van der Waals surface area (Å²) in [6.07, 6.45) is 0.832. The van der Waals surface area contributed by atoms with Gasteiger partial charge in [-0.15, -0.1) is 0 Å². The van der Waals surface area contributed by atoms with E-state index in [1.165, 1.54) is 18.5 Å². The third-order valence-corrected chi connectivity index (χ3v) is 5.97. The number of aromatic nitrogens is 3. The molecule has 1 N–H and O–H groups in total. The monoisotopic (exact) mass is 445 g/mol. The van der Waals surface area contributed by atoms with Crippen molar-refractivity contribution < 1.29 is 17.9 Å². The van der Waals surface area contributed by atoms with E-state index in [0.29, 0.717) is 29.7 Å². The van der Waals surface area contributed by atoms with Crippen LogP contribution >= 0.6 is 0 Å². The maximum Gasteiger partial charge on any atom is 0.266 e. The Hall–Kier alpha value is -2.94. The van der Waals surface area contributed by atoms with Gasteiger partial charge in [-0.3, -0.25) is 0 Å². The minimum absolute atomic E-state index is 0.236. The average molecular weight is 445 g/mol. The van der Waals surface area contributed by atoms with Crippen molar-refractivity contribution in [3.63, 3.8) is 0 Å². The standard InChI is InChI=1S/C23H26F3N5O/c1-31-10-7-14(8-11-31)18-12-17-20(23(30-18)32-2)28-13-29-22(17)27-9-6-15-4-3-5-16(19(15)24)21(25)26/h3-5,12-14,21H,6-11H2,1-2H3,(H,27,28,29). The number of ether oxygens (including phenoxy) is 1. The number of nitrogens with zero attached hydrogens (tertiary/aromatic N) is 4. The Bertz CT molecular complexity index is 1090. The molecule has 1 fully saturated rings. The molecule has 1 aliphatic rings. The molecule has 6 nitrogen and oxygen atoms in total. The van der Waals surface area contributed by atoms with E-state index in [2.05, 4.69) is 27.2 Å². The van der Waals surface area contributed by atoms with Gasteiger partial charge in [0.15, 0.2) is 0 Å². The van der Waals surface area contributed by atoms with E-state index in [-0.39, 0.29) is 12.0 Å². The lowest BCUT2D eigenvalue weighted by Crippen LogP contribution is -2.29. The zero-order valence-electron chi connectivity index (χ0n) is 18.1. The first-order valence-electron chi connectivity index (χ1n) is 10.7. The molecule has 9 heteroatoms. The molecule has 170 valence electrons. The molecule has 2 aromatic heterocycles. The van der Waals surface area contributed by atoms with Crippen molar-refractivity contribution in [1.29, 1.82) is 0 Å². The largest absolute Gasteiger partial charge is 0.479 e. The first-order chi connectivity index (χ1) is 15.5. The van der Waals surface area contributed by atoms with Crippen molar-refractivity contribution in [3.05, 3.63) is 53.2 Å². The molecule has 1 aromatic carbocycles. The van der Waals surface area contributed by atoms with Crippen molar-refractivity contribution in [2.75, 3.05) is 39.1 Å². The minimum Gasteiger partial charge on any atom is -0.479 e. The molecule has 0 atom stereocenters. The van der Waals surface area contributed by atoms with E-state index in [1.54, 1.807) is 7.11 Å². The van der Waals surface area contributed by atoms with E-state index >= 15 is 0 Å². The molecule has 0 amide bonds. The highest BCUT2D eigenvalue weighted by Gasteiger charge is 2.22. The number of hydrogen-bond donors (Lipinski definition) is 1. The van der Waals surface area contributed by atoms with Crippen molar-refractivity contribution in [3.8, 4) is 5.88 Å². The number of pyridine rings is 1. The van der Waals surface area contributed by atoms with Gasteiger partial charge < -0.3 is 15.0 Å². The fourth-order valence-corrected chi connectivity index (χ4v) is 4.13. The second kappa shape index (κ2) is 9.68. The molecule has 3 heterocycles. The van der Waals surface area contributed by atoms with Crippen molar-refractivity contribution in [2.24, 2.45) is 0 Å². The molecule has 0 bridgehead atoms. The average Bonchev–Trinajstić information content (AvgIpc) is 2.80. The van der Waals surface area contributed by atoms with Gasteiger partial charge in [0.05, 0.1) is 18.1 Å². The Balaban J connectivity index is 1.57. The van der Waals surface area contributed by atoms with Gasteiger partial charge in [-0.2, -0.15) is 0 Å². The maximum atomic E-state index is 14.3. The lowest BCUT2D eigenvalue weighted by atomic mass is 9.92. The second-order valence-electron chi connectivity index (χ2n) is 8.05. The fourth-order valence-electron chi connectivity index (χ4n) is 4.13. The Morgan fingerprint density at radius 1 is 1.22 bits per heavy atom. The van der Waals surface area contributed by atoms with Gasteiger partial charge in [0.1, 0.15) is 23.5 Å². The quantitative estimate of drug-likeness (QED) is 0.575. The smallest absolute Gasteiger partial charge is 0.266 e. The summed E-state index contributed by atoms with van der Waals surface area (Å²) in [5, 5.41) is 3.98. The number of anilines is 1. The molecule has 32 heavy (non-hydrogen) atoms. The van der Waals surface area contributed by atoms with E-state index < -0.39 is 17.8 Å². The molecular formula is C23H26F3N5O. The second-order valence-corrected chi connectivity index (χ2v) is 8.05. The van der Waals surface area contributed by atoms with Crippen molar-refractivity contribution in [1.82, 2.24) is 19.9 Å². The molecule has 0 unspecified atom stereocenters. The van der Waals surface area contributed by atoms with Crippen LogP contribution in [-0.2, 0) is 6.42 Å². The van der Waals surface area contributed by atoms with Crippen LogP contribution in [0.25, 0.3) is 10.9 Å². The molecule has 1 aliphatic heterocycles. The van der Waals surface area contributed by atoms with Crippen LogP contribution in [0.2, 0.25) is 0 Å². The molecule has 0 spiro atoms. The van der Waals surface area contributed by atoms with Crippen LogP contribution in [0.4, 0.5) is 19.0 Å². The number of fused-ring (bicyclic) bond motifs is 1. The van der Waals surface area contributed by atoms with Crippen molar-refractivity contribution in [2.45, 2.75) is 31.6 Å². The zero-order chi connectivity index (χ0) is 22.7. The van der Waals surface area contributed by atoms with Crippen LogP contribution < -0.4 is 10.1 Å². The molecule has 1 saturated heterocycles. The third kappa shape index (κ3) is 4.62. The number of benzene rings is 1. The van der Waals surface area contributed by atoms with E-state index in [9.17, 15) is 13.2 Å². The summed E-state index contributed by atoms with van der Waals surface area (Å²) in [5.41, 5.74) is 1.19. The lowest BCUT2D eigenvalue weighted by molar-refractivity contribution is 0.146. The molecule has 0 radical (unpaired) electrons. The van der Waals surface area contributed by atoms with Gasteiger partial charge in [0, 0.05) is 18.2 Å². The number of halogens is 3. The number of nitrogens with one attached hydrogen (secondary N) is 1. The van der Waals surface area contributed by atoms with Crippen LogP contribution in [0.5, 0.6) is 5.88 Å². The summed E-state index contributed by atoms with van der Waals surface area (Å²) in [7, 11) is 3.68. The predicted octanol–water partition coefficient (Wildman–Crippen LogP) is 4.57. The van der Waals surface area contributed by atoms with Gasteiger partial charge in [-0.05, 0) is 51.0 Å². The van der Waals surface area contributed by atoms with Crippen LogP contribution in [0.3, 0.4) is 0 Å². The number of piperidine rings is 1. The van der Waals surface area contributed by atoms with Crippen molar-refractivity contribution >= 4 is 16.7 Å². The predicted molar refractivity (Wildman–Crippen MR) is 117 cm³/mol. The molecule has 3 aromatic rings. The summed E-state index contributed by atoms with van der Waals surface area (Å²) in [5.74, 6) is 0.490. The minimum atomic E-state index is -2.84. The zero-order valence-corrected chi connectivity index (χ0v) is 18.1. The topological polar surface area (TPSA) is 63.2 Å². The molecular weight excluding hydrogens is 419 g/mol. The lowest BCUT2D eigenvalue weighted by Gasteiger charge is -2.28. The number of methoxy groups -OCH3 is 1. The highest BCUT2D eigenvalue weighted by atomic mass is 19.3. The van der Waals surface area contributed by atoms with E-state index in [0.717, 1.165) is 43.1 Å². The fraction of sp³-hybridized carbons (Fsp3) is 0.435. The number of rotatable bonds is 7. The summed E-state index contributed by atoms with van der Waals surface area (Å²) < 4.78 is 45.7. The van der Waals surface area contributed by atoms with Crippen LogP contribution in [0.1, 0.15) is 42.0 Å². The normalized spacial score (nSPS) is 15.4. The Morgan fingerprint density at radius 3 is 2.72 bits per heavy atom. The molecule has 0 aliphatic carbocycles. The highest BCUT2D eigenvalue weighted by molar-refractivity contribution is 5.92. The molecule has 0 saturated carbocycles. The SMILES string of the molecule is COc1nc(C2CCN(C)CC2)cc2c(NCCc3cccc(C(F)F)c3F)ncnc12. The molecule has 4 rings (SSSR count). The van der Waals surface area contributed by atoms with Gasteiger partial charge in [0.2, 0.25) is 5.88 Å².